The minimum atomic E-state index is -0.358. The number of rotatable bonds is 4. The fourth-order valence-corrected chi connectivity index (χ4v) is 3.15. The van der Waals surface area contributed by atoms with Crippen LogP contribution in [0.1, 0.15) is 28.8 Å². The highest BCUT2D eigenvalue weighted by Gasteiger charge is 2.22. The molecule has 24 heavy (non-hydrogen) atoms. The SMILES string of the molecule is O=C(NC1CCCN(Cc2ccc(Cl)cc2)C1)c1ccc[nH]c1=O. The van der Waals surface area contributed by atoms with Crippen molar-refractivity contribution in [2.75, 3.05) is 13.1 Å². The van der Waals surface area contributed by atoms with Crippen LogP contribution in [0, 0.1) is 0 Å². The van der Waals surface area contributed by atoms with E-state index in [0.29, 0.717) is 0 Å². The number of amides is 1. The van der Waals surface area contributed by atoms with Gasteiger partial charge in [-0.1, -0.05) is 23.7 Å². The zero-order valence-corrected chi connectivity index (χ0v) is 14.1. The Morgan fingerprint density at radius 1 is 1.29 bits per heavy atom. The summed E-state index contributed by atoms with van der Waals surface area (Å²) in [5.74, 6) is -0.310. The van der Waals surface area contributed by atoms with Gasteiger partial charge in [-0.05, 0) is 49.2 Å². The minimum Gasteiger partial charge on any atom is -0.348 e. The van der Waals surface area contributed by atoms with Crippen molar-refractivity contribution in [3.8, 4) is 0 Å². The summed E-state index contributed by atoms with van der Waals surface area (Å²) in [5.41, 5.74) is 1.00. The topological polar surface area (TPSA) is 65.2 Å². The lowest BCUT2D eigenvalue weighted by Crippen LogP contribution is -2.48. The van der Waals surface area contributed by atoms with Gasteiger partial charge in [0.1, 0.15) is 5.56 Å². The Balaban J connectivity index is 1.59. The molecule has 1 amide bonds. The monoisotopic (exact) mass is 345 g/mol. The van der Waals surface area contributed by atoms with Gasteiger partial charge in [0.2, 0.25) is 0 Å². The van der Waals surface area contributed by atoms with E-state index >= 15 is 0 Å². The van der Waals surface area contributed by atoms with E-state index in [1.807, 2.05) is 24.3 Å². The van der Waals surface area contributed by atoms with Gasteiger partial charge in [0.05, 0.1) is 0 Å². The Morgan fingerprint density at radius 3 is 2.83 bits per heavy atom. The summed E-state index contributed by atoms with van der Waals surface area (Å²) >= 11 is 5.92. The molecule has 1 aliphatic rings. The van der Waals surface area contributed by atoms with Crippen LogP contribution in [0.15, 0.2) is 47.4 Å². The zero-order valence-electron chi connectivity index (χ0n) is 13.3. The first-order chi connectivity index (χ1) is 11.6. The van der Waals surface area contributed by atoms with Crippen LogP contribution in [0.25, 0.3) is 0 Å². The lowest BCUT2D eigenvalue weighted by atomic mass is 10.0. The van der Waals surface area contributed by atoms with Crippen LogP contribution in [0.3, 0.4) is 0 Å². The second-order valence-electron chi connectivity index (χ2n) is 6.09. The molecule has 0 spiro atoms. The number of H-pyrrole nitrogens is 1. The Bertz CT molecular complexity index is 757. The average molecular weight is 346 g/mol. The molecule has 0 radical (unpaired) electrons. The first-order valence-corrected chi connectivity index (χ1v) is 8.45. The predicted octanol–water partition coefficient (Wildman–Crippen LogP) is 2.42. The molecule has 3 rings (SSSR count). The third-order valence-corrected chi connectivity index (χ3v) is 4.47. The van der Waals surface area contributed by atoms with E-state index in [9.17, 15) is 9.59 Å². The van der Waals surface area contributed by atoms with Crippen LogP contribution >= 0.6 is 11.6 Å². The number of carbonyl (C=O) groups excluding carboxylic acids is 1. The number of hydrogen-bond donors (Lipinski definition) is 2. The number of piperidine rings is 1. The van der Waals surface area contributed by atoms with E-state index in [0.717, 1.165) is 37.5 Å². The molecule has 1 fully saturated rings. The van der Waals surface area contributed by atoms with Crippen molar-refractivity contribution in [1.29, 1.82) is 0 Å². The maximum absolute atomic E-state index is 12.3. The molecule has 0 aliphatic carbocycles. The summed E-state index contributed by atoms with van der Waals surface area (Å²) in [6.07, 6.45) is 3.46. The minimum absolute atomic E-state index is 0.0538. The standard InChI is InChI=1S/C18H20ClN3O2/c19-14-7-5-13(6-8-14)11-22-10-2-3-15(12-22)21-18(24)16-4-1-9-20-17(16)23/h1,4-9,15H,2-3,10-12H2,(H,20,23)(H,21,24). The van der Waals surface area contributed by atoms with Crippen LogP contribution in [0.2, 0.25) is 5.02 Å². The van der Waals surface area contributed by atoms with Crippen molar-refractivity contribution < 1.29 is 4.79 Å². The van der Waals surface area contributed by atoms with E-state index < -0.39 is 0 Å². The van der Waals surface area contributed by atoms with Crippen molar-refractivity contribution in [1.82, 2.24) is 15.2 Å². The molecule has 2 aromatic rings. The highest BCUT2D eigenvalue weighted by atomic mass is 35.5. The summed E-state index contributed by atoms with van der Waals surface area (Å²) in [7, 11) is 0. The molecule has 0 bridgehead atoms. The van der Waals surface area contributed by atoms with Crippen LogP contribution in [-0.4, -0.2) is 34.9 Å². The quantitative estimate of drug-likeness (QED) is 0.894. The van der Waals surface area contributed by atoms with Crippen molar-refractivity contribution in [2.45, 2.75) is 25.4 Å². The van der Waals surface area contributed by atoms with Gasteiger partial charge < -0.3 is 10.3 Å². The number of carbonyl (C=O) groups is 1. The lowest BCUT2D eigenvalue weighted by molar-refractivity contribution is 0.0899. The number of aromatic nitrogens is 1. The molecule has 2 N–H and O–H groups in total. The molecule has 1 aromatic heterocycles. The molecule has 1 atom stereocenters. The molecule has 0 saturated carbocycles. The second-order valence-corrected chi connectivity index (χ2v) is 6.52. The summed E-state index contributed by atoms with van der Waals surface area (Å²) < 4.78 is 0. The number of benzene rings is 1. The highest BCUT2D eigenvalue weighted by molar-refractivity contribution is 6.30. The van der Waals surface area contributed by atoms with Gasteiger partial charge in [-0.2, -0.15) is 0 Å². The van der Waals surface area contributed by atoms with Crippen molar-refractivity contribution in [3.63, 3.8) is 0 Å². The van der Waals surface area contributed by atoms with Crippen LogP contribution in [0.4, 0.5) is 0 Å². The summed E-state index contributed by atoms with van der Waals surface area (Å²) in [4.78, 5) is 28.8. The summed E-state index contributed by atoms with van der Waals surface area (Å²) in [5, 5.41) is 3.71. The molecule has 5 nitrogen and oxygen atoms in total. The van der Waals surface area contributed by atoms with Gasteiger partial charge in [0.25, 0.3) is 11.5 Å². The molecular formula is C18H20ClN3O2. The Morgan fingerprint density at radius 2 is 2.08 bits per heavy atom. The van der Waals surface area contributed by atoms with Gasteiger partial charge in [-0.25, -0.2) is 0 Å². The smallest absolute Gasteiger partial charge is 0.260 e. The molecule has 1 aromatic carbocycles. The third kappa shape index (κ3) is 4.24. The van der Waals surface area contributed by atoms with E-state index in [-0.39, 0.29) is 23.1 Å². The largest absolute Gasteiger partial charge is 0.348 e. The first-order valence-electron chi connectivity index (χ1n) is 8.07. The Hall–Kier alpha value is -2.11. The number of aromatic amines is 1. The molecule has 2 heterocycles. The molecule has 6 heteroatoms. The van der Waals surface area contributed by atoms with E-state index in [1.165, 1.54) is 11.8 Å². The summed E-state index contributed by atoms with van der Waals surface area (Å²) in [6, 6.07) is 11.1. The highest BCUT2D eigenvalue weighted by Crippen LogP contribution is 2.16. The lowest BCUT2D eigenvalue weighted by Gasteiger charge is -2.33. The number of pyridine rings is 1. The van der Waals surface area contributed by atoms with Gasteiger partial charge in [0, 0.05) is 30.4 Å². The van der Waals surface area contributed by atoms with Gasteiger partial charge in [0.15, 0.2) is 0 Å². The maximum Gasteiger partial charge on any atom is 0.260 e. The maximum atomic E-state index is 12.3. The zero-order chi connectivity index (χ0) is 16.9. The van der Waals surface area contributed by atoms with Crippen LogP contribution in [0.5, 0.6) is 0 Å². The van der Waals surface area contributed by atoms with Crippen molar-refractivity contribution >= 4 is 17.5 Å². The summed E-state index contributed by atoms with van der Waals surface area (Å²) in [6.45, 7) is 2.61. The Labute approximate surface area is 145 Å². The number of nitrogens with one attached hydrogen (secondary N) is 2. The van der Waals surface area contributed by atoms with Gasteiger partial charge in [-0.15, -0.1) is 0 Å². The average Bonchev–Trinajstić information content (AvgIpc) is 2.58. The van der Waals surface area contributed by atoms with Crippen LogP contribution < -0.4 is 10.9 Å². The molecule has 1 saturated heterocycles. The first kappa shape index (κ1) is 16.7. The number of likely N-dealkylation sites (tertiary alicyclic amines) is 1. The number of hydrogen-bond acceptors (Lipinski definition) is 3. The number of halogens is 1. The van der Waals surface area contributed by atoms with Crippen molar-refractivity contribution in [2.24, 2.45) is 0 Å². The van der Waals surface area contributed by atoms with E-state index in [4.69, 9.17) is 11.6 Å². The fourth-order valence-electron chi connectivity index (χ4n) is 3.03. The molecule has 1 aliphatic heterocycles. The fraction of sp³-hybridized carbons (Fsp3) is 0.333. The predicted molar refractivity (Wildman–Crippen MR) is 94.3 cm³/mol. The number of nitrogens with zero attached hydrogens (tertiary/aromatic N) is 1. The van der Waals surface area contributed by atoms with E-state index in [2.05, 4.69) is 15.2 Å². The Kier molecular flexibility index (Phi) is 5.33. The molecule has 126 valence electrons. The molecule has 1 unspecified atom stereocenters. The van der Waals surface area contributed by atoms with Crippen LogP contribution in [-0.2, 0) is 6.54 Å². The third-order valence-electron chi connectivity index (χ3n) is 4.22. The van der Waals surface area contributed by atoms with Gasteiger partial charge in [-0.3, -0.25) is 14.5 Å². The van der Waals surface area contributed by atoms with Crippen molar-refractivity contribution in [3.05, 3.63) is 69.1 Å². The van der Waals surface area contributed by atoms with E-state index in [1.54, 1.807) is 12.1 Å². The second kappa shape index (κ2) is 7.64. The normalized spacial score (nSPS) is 18.3. The molecular weight excluding hydrogens is 326 g/mol. The van der Waals surface area contributed by atoms with Gasteiger partial charge >= 0.3 is 0 Å².